The van der Waals surface area contributed by atoms with Gasteiger partial charge in [-0.3, -0.25) is 4.99 Å². The summed E-state index contributed by atoms with van der Waals surface area (Å²) in [7, 11) is 0. The predicted octanol–water partition coefficient (Wildman–Crippen LogP) is 5.63. The maximum atomic E-state index is 4.76. The van der Waals surface area contributed by atoms with Crippen molar-refractivity contribution in [3.63, 3.8) is 0 Å². The molecule has 0 aliphatic carbocycles. The Kier molecular flexibility index (Phi) is 7.32. The molecule has 0 amide bonds. The lowest BCUT2D eigenvalue weighted by Crippen LogP contribution is -2.12. The minimum Gasteiger partial charge on any atom is -0.273 e. The number of thioether (sulfide) groups is 2. The monoisotopic (exact) mass is 293 g/mol. The molecule has 0 spiro atoms. The first-order chi connectivity index (χ1) is 9.01. The van der Waals surface area contributed by atoms with E-state index < -0.39 is 0 Å². The Hall–Kier alpha value is -0.670. The summed E-state index contributed by atoms with van der Waals surface area (Å²) in [6.45, 7) is 8.61. The van der Waals surface area contributed by atoms with Gasteiger partial charge in [-0.25, -0.2) is 0 Å². The van der Waals surface area contributed by atoms with Gasteiger partial charge >= 0.3 is 0 Å². The Bertz CT molecular complexity index is 416. The molecule has 1 nitrogen and oxygen atoms in total. The molecule has 0 radical (unpaired) electrons. The first-order valence-corrected chi connectivity index (χ1v) is 8.48. The second-order valence-corrected chi connectivity index (χ2v) is 7.30. The maximum Gasteiger partial charge on any atom is 0.0916 e. The van der Waals surface area contributed by atoms with Crippen molar-refractivity contribution in [3.8, 4) is 0 Å². The van der Waals surface area contributed by atoms with Crippen molar-refractivity contribution in [3.05, 3.63) is 41.8 Å². The van der Waals surface area contributed by atoms with E-state index in [2.05, 4.69) is 63.4 Å². The summed E-state index contributed by atoms with van der Waals surface area (Å²) in [4.78, 5) is 6.02. The van der Waals surface area contributed by atoms with E-state index in [1.54, 1.807) is 11.8 Å². The van der Waals surface area contributed by atoms with E-state index in [0.29, 0.717) is 0 Å². The smallest absolute Gasteiger partial charge is 0.0916 e. The highest BCUT2D eigenvalue weighted by atomic mass is 32.2. The normalized spacial score (nSPS) is 13.2. The van der Waals surface area contributed by atoms with E-state index in [4.69, 9.17) is 4.99 Å². The van der Waals surface area contributed by atoms with Crippen molar-refractivity contribution in [1.29, 1.82) is 0 Å². The van der Waals surface area contributed by atoms with Crippen LogP contribution in [0.3, 0.4) is 0 Å². The van der Waals surface area contributed by atoms with Crippen LogP contribution >= 0.6 is 23.5 Å². The molecule has 1 aromatic carbocycles. The lowest BCUT2D eigenvalue weighted by atomic mass is 10.1. The van der Waals surface area contributed by atoms with Crippen LogP contribution in [0.5, 0.6) is 0 Å². The third-order valence-corrected chi connectivity index (χ3v) is 4.01. The number of aliphatic imine (C=N–C) groups is 1. The molecule has 0 heterocycles. The average molecular weight is 294 g/mol. The number of benzene rings is 1. The second kappa shape index (κ2) is 8.49. The first-order valence-electron chi connectivity index (χ1n) is 6.62. The summed E-state index contributed by atoms with van der Waals surface area (Å²) in [5.41, 5.74) is -0.0160. The molecule has 1 aromatic rings. The summed E-state index contributed by atoms with van der Waals surface area (Å²) in [5.74, 6) is 1.12. The van der Waals surface area contributed by atoms with Crippen molar-refractivity contribution < 1.29 is 0 Å². The lowest BCUT2D eigenvalue weighted by Gasteiger charge is -2.13. The molecule has 1 rings (SSSR count). The molecule has 0 N–H and O–H groups in total. The Morgan fingerprint density at radius 1 is 1.21 bits per heavy atom. The Morgan fingerprint density at radius 2 is 1.89 bits per heavy atom. The van der Waals surface area contributed by atoms with Gasteiger partial charge < -0.3 is 0 Å². The highest BCUT2D eigenvalue weighted by molar-refractivity contribution is 8.14. The molecule has 0 unspecified atom stereocenters. The third-order valence-electron chi connectivity index (χ3n) is 2.06. The van der Waals surface area contributed by atoms with E-state index in [-0.39, 0.29) is 5.54 Å². The average Bonchev–Trinajstić information content (AvgIpc) is 2.35. The molecule has 0 fully saturated rings. The van der Waals surface area contributed by atoms with Crippen LogP contribution in [0, 0.1) is 0 Å². The van der Waals surface area contributed by atoms with Gasteiger partial charge in [-0.15, -0.1) is 11.8 Å². The SMILES string of the molecule is CCCSC(C=CSc1ccccc1)=NC(C)(C)C. The second-order valence-electron chi connectivity index (χ2n) is 5.20. The molecule has 0 saturated heterocycles. The van der Waals surface area contributed by atoms with E-state index >= 15 is 0 Å². The first kappa shape index (κ1) is 16.4. The molecule has 19 heavy (non-hydrogen) atoms. The summed E-state index contributed by atoms with van der Waals surface area (Å²) in [5, 5.41) is 3.25. The Morgan fingerprint density at radius 3 is 2.47 bits per heavy atom. The van der Waals surface area contributed by atoms with Crippen molar-refractivity contribution >= 4 is 28.6 Å². The number of hydrogen-bond acceptors (Lipinski definition) is 3. The fourth-order valence-corrected chi connectivity index (χ4v) is 3.00. The van der Waals surface area contributed by atoms with Crippen LogP contribution in [0.2, 0.25) is 0 Å². The van der Waals surface area contributed by atoms with E-state index in [1.165, 1.54) is 11.3 Å². The molecule has 0 saturated carbocycles. The molecular formula is C16H23NS2. The van der Waals surface area contributed by atoms with Crippen LogP contribution in [0.25, 0.3) is 0 Å². The van der Waals surface area contributed by atoms with Crippen LogP contribution in [-0.4, -0.2) is 16.3 Å². The number of hydrogen-bond donors (Lipinski definition) is 0. The summed E-state index contributed by atoms with van der Waals surface area (Å²) >= 11 is 3.57. The van der Waals surface area contributed by atoms with Gasteiger partial charge in [0.1, 0.15) is 0 Å². The van der Waals surface area contributed by atoms with Gasteiger partial charge in [-0.2, -0.15) is 0 Å². The van der Waals surface area contributed by atoms with Gasteiger partial charge in [-0.1, -0.05) is 36.9 Å². The van der Waals surface area contributed by atoms with Gasteiger partial charge in [0, 0.05) is 4.90 Å². The molecule has 104 valence electrons. The van der Waals surface area contributed by atoms with Gasteiger partial charge in [0.05, 0.1) is 10.6 Å². The molecular weight excluding hydrogens is 270 g/mol. The van der Waals surface area contributed by atoms with Crippen LogP contribution < -0.4 is 0 Å². The van der Waals surface area contributed by atoms with E-state index in [0.717, 1.165) is 10.8 Å². The summed E-state index contributed by atoms with van der Waals surface area (Å²) in [6.07, 6.45) is 3.30. The van der Waals surface area contributed by atoms with Gasteiger partial charge in [0.15, 0.2) is 0 Å². The zero-order valence-corrected chi connectivity index (χ0v) is 13.9. The highest BCUT2D eigenvalue weighted by Gasteiger charge is 2.08. The van der Waals surface area contributed by atoms with E-state index in [1.807, 2.05) is 17.8 Å². The fourth-order valence-electron chi connectivity index (χ4n) is 1.32. The number of nitrogens with zero attached hydrogens (tertiary/aromatic N) is 1. The van der Waals surface area contributed by atoms with Gasteiger partial charge in [0.2, 0.25) is 0 Å². The van der Waals surface area contributed by atoms with Crippen LogP contribution in [0.4, 0.5) is 0 Å². The Labute approximate surface area is 126 Å². The zero-order valence-electron chi connectivity index (χ0n) is 12.2. The highest BCUT2D eigenvalue weighted by Crippen LogP contribution is 2.20. The van der Waals surface area contributed by atoms with Crippen molar-refractivity contribution in [2.75, 3.05) is 5.75 Å². The zero-order chi connectivity index (χ0) is 14.1. The van der Waals surface area contributed by atoms with Gasteiger partial charge in [0.25, 0.3) is 0 Å². The molecule has 0 bridgehead atoms. The lowest BCUT2D eigenvalue weighted by molar-refractivity contribution is 0.586. The quantitative estimate of drug-likeness (QED) is 0.396. The van der Waals surface area contributed by atoms with Gasteiger partial charge in [-0.05, 0) is 56.6 Å². The molecule has 0 aromatic heterocycles. The van der Waals surface area contributed by atoms with Crippen LogP contribution in [0.1, 0.15) is 34.1 Å². The standard InChI is InChI=1S/C16H23NS2/c1-5-12-19-15(17-16(2,3)4)11-13-18-14-9-7-6-8-10-14/h6-11,13H,5,12H2,1-4H3. The van der Waals surface area contributed by atoms with Crippen LogP contribution in [0.15, 0.2) is 51.7 Å². The molecule has 0 atom stereocenters. The molecule has 0 aliphatic rings. The minimum atomic E-state index is -0.0160. The predicted molar refractivity (Wildman–Crippen MR) is 91.4 cm³/mol. The number of rotatable bonds is 5. The van der Waals surface area contributed by atoms with Crippen molar-refractivity contribution in [1.82, 2.24) is 0 Å². The summed E-state index contributed by atoms with van der Waals surface area (Å²) in [6, 6.07) is 10.4. The minimum absolute atomic E-state index is 0.0160. The van der Waals surface area contributed by atoms with Crippen molar-refractivity contribution in [2.45, 2.75) is 44.6 Å². The van der Waals surface area contributed by atoms with E-state index in [9.17, 15) is 0 Å². The van der Waals surface area contributed by atoms with Crippen LogP contribution in [-0.2, 0) is 0 Å². The Balaban J connectivity index is 2.64. The molecule has 0 aliphatic heterocycles. The largest absolute Gasteiger partial charge is 0.273 e. The third kappa shape index (κ3) is 8.17. The summed E-state index contributed by atoms with van der Waals surface area (Å²) < 4.78 is 0. The maximum absolute atomic E-state index is 4.76. The molecule has 3 heteroatoms. The topological polar surface area (TPSA) is 12.4 Å². The van der Waals surface area contributed by atoms with Crippen molar-refractivity contribution in [2.24, 2.45) is 4.99 Å². The fraction of sp³-hybridized carbons (Fsp3) is 0.438.